The molecule has 2 unspecified atom stereocenters. The summed E-state index contributed by atoms with van der Waals surface area (Å²) in [5.41, 5.74) is 18.2. The molecule has 2 aromatic carbocycles. The fourth-order valence-electron chi connectivity index (χ4n) is 4.25. The van der Waals surface area contributed by atoms with Gasteiger partial charge in [-0.1, -0.05) is 24.3 Å². The van der Waals surface area contributed by atoms with Gasteiger partial charge in [-0.15, -0.1) is 0 Å². The molecule has 2 atom stereocenters. The first-order valence-electron chi connectivity index (χ1n) is 10.9. The Morgan fingerprint density at radius 1 is 1.16 bits per heavy atom. The third-order valence-corrected chi connectivity index (χ3v) is 6.10. The van der Waals surface area contributed by atoms with Crippen LogP contribution in [-0.2, 0) is 5.79 Å². The third-order valence-electron chi connectivity index (χ3n) is 6.10. The number of para-hydroxylation sites is 2. The van der Waals surface area contributed by atoms with E-state index in [1.54, 1.807) is 11.2 Å². The molecule has 5 rings (SSSR count). The number of aromatic nitrogens is 2. The Balaban J connectivity index is 1.26. The molecule has 2 aliphatic rings. The number of aliphatic imine (C=N–C) groups is 1. The summed E-state index contributed by atoms with van der Waals surface area (Å²) >= 11 is 0. The Labute approximate surface area is 187 Å². The fraction of sp³-hybridized carbons (Fsp3) is 0.348. The van der Waals surface area contributed by atoms with Crippen LogP contribution < -0.4 is 26.6 Å². The summed E-state index contributed by atoms with van der Waals surface area (Å²) in [4.78, 5) is 16.0. The number of anilines is 1. The van der Waals surface area contributed by atoms with Crippen molar-refractivity contribution in [1.82, 2.24) is 20.3 Å². The van der Waals surface area contributed by atoms with Crippen LogP contribution in [0.25, 0.3) is 11.0 Å². The molecule has 0 radical (unpaired) electrons. The molecule has 0 aliphatic carbocycles. The molecule has 0 saturated carbocycles. The first kappa shape index (κ1) is 20.6. The van der Waals surface area contributed by atoms with E-state index in [0.717, 1.165) is 35.4 Å². The van der Waals surface area contributed by atoms with Crippen molar-refractivity contribution in [2.45, 2.75) is 31.6 Å². The Hall–Kier alpha value is -3.27. The number of likely N-dealkylation sites (tertiary alicyclic amines) is 1. The van der Waals surface area contributed by atoms with Crippen molar-refractivity contribution in [2.75, 3.05) is 24.7 Å². The van der Waals surface area contributed by atoms with Gasteiger partial charge in [0.15, 0.2) is 5.82 Å². The Morgan fingerprint density at radius 3 is 2.69 bits per heavy atom. The van der Waals surface area contributed by atoms with E-state index in [1.165, 1.54) is 12.8 Å². The van der Waals surface area contributed by atoms with Crippen LogP contribution in [0, 0.1) is 0 Å². The van der Waals surface area contributed by atoms with E-state index in [0.29, 0.717) is 18.5 Å². The van der Waals surface area contributed by atoms with E-state index in [9.17, 15) is 0 Å². The zero-order valence-electron chi connectivity index (χ0n) is 18.1. The maximum atomic E-state index is 6.54. The number of guanidine groups is 1. The van der Waals surface area contributed by atoms with Crippen molar-refractivity contribution in [2.24, 2.45) is 16.5 Å². The monoisotopic (exact) mass is 432 g/mol. The zero-order chi connectivity index (χ0) is 22.1. The molecule has 1 aromatic heterocycles. The smallest absolute Gasteiger partial charge is 0.215 e. The molecule has 2 aliphatic heterocycles. The maximum absolute atomic E-state index is 6.54. The second-order valence-corrected chi connectivity index (χ2v) is 8.30. The van der Waals surface area contributed by atoms with E-state index in [-0.39, 0.29) is 5.96 Å². The molecule has 0 bridgehead atoms. The number of ether oxygens (including phenoxy) is 1. The summed E-state index contributed by atoms with van der Waals surface area (Å²) in [7, 11) is 0. The second-order valence-electron chi connectivity index (χ2n) is 8.30. The largest absolute Gasteiger partial charge is 0.492 e. The molecule has 0 amide bonds. The van der Waals surface area contributed by atoms with Crippen LogP contribution in [0.3, 0.4) is 0 Å². The summed E-state index contributed by atoms with van der Waals surface area (Å²) in [5.74, 6) is 0.336. The van der Waals surface area contributed by atoms with Gasteiger partial charge in [0.05, 0.1) is 17.2 Å². The number of nitrogens with zero attached hydrogens (tertiary/aromatic N) is 5. The van der Waals surface area contributed by atoms with Crippen molar-refractivity contribution < 1.29 is 4.74 Å². The second kappa shape index (κ2) is 8.34. The number of hydrazine groups is 1. The Kier molecular flexibility index (Phi) is 5.38. The Morgan fingerprint density at radius 2 is 1.94 bits per heavy atom. The number of fused-ring (bicyclic) bond motifs is 1. The Bertz CT molecular complexity index is 1130. The van der Waals surface area contributed by atoms with E-state index in [2.05, 4.69) is 32.2 Å². The highest BCUT2D eigenvalue weighted by Crippen LogP contribution is 2.27. The first-order valence-corrected chi connectivity index (χ1v) is 10.9. The summed E-state index contributed by atoms with van der Waals surface area (Å²) in [6.07, 6.45) is 4.18. The molecule has 5 N–H and O–H groups in total. The van der Waals surface area contributed by atoms with Crippen LogP contribution in [-0.4, -0.2) is 46.6 Å². The van der Waals surface area contributed by atoms with Gasteiger partial charge < -0.3 is 10.5 Å². The fourth-order valence-corrected chi connectivity index (χ4v) is 4.25. The van der Waals surface area contributed by atoms with Crippen LogP contribution in [0.15, 0.2) is 59.7 Å². The summed E-state index contributed by atoms with van der Waals surface area (Å²) < 4.78 is 5.93. The molecular formula is C23H28N8O. The molecule has 32 heavy (non-hydrogen) atoms. The topological polar surface area (TPSA) is 118 Å². The van der Waals surface area contributed by atoms with Gasteiger partial charge in [0.25, 0.3) is 0 Å². The molecule has 0 spiro atoms. The van der Waals surface area contributed by atoms with Gasteiger partial charge in [-0.05, 0) is 50.6 Å². The standard InChI is InChI=1S/C23H28N8O/c1-16-5-4-12-30(16)13-14-32-18-10-8-17(9-11-18)23(25)28-22(24)31(29-23)21-15-26-19-6-2-3-7-20(19)27-21/h2-3,6-11,15-16,29H,4-5,12-14,25H2,1H3,(H2,24,28). The number of hydrogen-bond acceptors (Lipinski definition) is 9. The summed E-state index contributed by atoms with van der Waals surface area (Å²) in [5, 5.41) is 1.56. The summed E-state index contributed by atoms with van der Waals surface area (Å²) in [6.45, 7) is 5.03. The lowest BCUT2D eigenvalue weighted by Gasteiger charge is -2.25. The highest BCUT2D eigenvalue weighted by molar-refractivity contribution is 5.95. The summed E-state index contributed by atoms with van der Waals surface area (Å²) in [6, 6.07) is 15.9. The lowest BCUT2D eigenvalue weighted by atomic mass is 10.1. The number of nitrogens with two attached hydrogens (primary N) is 2. The van der Waals surface area contributed by atoms with Crippen molar-refractivity contribution in [3.8, 4) is 5.75 Å². The van der Waals surface area contributed by atoms with E-state index in [4.69, 9.17) is 16.2 Å². The predicted octanol–water partition coefficient (Wildman–Crippen LogP) is 1.90. The van der Waals surface area contributed by atoms with Gasteiger partial charge in [0.1, 0.15) is 12.4 Å². The lowest BCUT2D eigenvalue weighted by molar-refractivity contribution is 0.204. The van der Waals surface area contributed by atoms with E-state index < -0.39 is 5.79 Å². The minimum atomic E-state index is -1.21. The highest BCUT2D eigenvalue weighted by atomic mass is 16.5. The third kappa shape index (κ3) is 3.97. The molecule has 3 heterocycles. The van der Waals surface area contributed by atoms with Gasteiger partial charge in [0.2, 0.25) is 11.7 Å². The predicted molar refractivity (Wildman–Crippen MR) is 125 cm³/mol. The molecular weight excluding hydrogens is 404 g/mol. The number of rotatable bonds is 6. The number of nitrogens with one attached hydrogen (secondary N) is 1. The van der Waals surface area contributed by atoms with Gasteiger partial charge in [-0.25, -0.2) is 15.0 Å². The van der Waals surface area contributed by atoms with Crippen LogP contribution in [0.1, 0.15) is 25.3 Å². The zero-order valence-corrected chi connectivity index (χ0v) is 18.1. The lowest BCUT2D eigenvalue weighted by Crippen LogP contribution is -2.53. The quantitative estimate of drug-likeness (QED) is 0.541. The number of benzene rings is 2. The van der Waals surface area contributed by atoms with Crippen molar-refractivity contribution >= 4 is 22.8 Å². The average Bonchev–Trinajstić information content (AvgIpc) is 3.36. The van der Waals surface area contributed by atoms with Crippen molar-refractivity contribution in [3.63, 3.8) is 0 Å². The molecule has 1 saturated heterocycles. The SMILES string of the molecule is CC1CCCN1CCOc1ccc(C2(N)N=C(N)N(c3cnc4ccccc4n3)N2)cc1. The van der Waals surface area contributed by atoms with Gasteiger partial charge in [-0.2, -0.15) is 5.43 Å². The highest BCUT2D eigenvalue weighted by Gasteiger charge is 2.37. The van der Waals surface area contributed by atoms with E-state index >= 15 is 0 Å². The molecule has 9 nitrogen and oxygen atoms in total. The number of hydrogen-bond donors (Lipinski definition) is 3. The van der Waals surface area contributed by atoms with Gasteiger partial charge in [0, 0.05) is 18.2 Å². The molecule has 166 valence electrons. The minimum absolute atomic E-state index is 0.220. The van der Waals surface area contributed by atoms with Crippen LogP contribution in [0.5, 0.6) is 5.75 Å². The van der Waals surface area contributed by atoms with Crippen molar-refractivity contribution in [1.29, 1.82) is 0 Å². The molecule has 9 heteroatoms. The van der Waals surface area contributed by atoms with Crippen molar-refractivity contribution in [3.05, 3.63) is 60.3 Å². The van der Waals surface area contributed by atoms with Gasteiger partial charge >= 0.3 is 0 Å². The van der Waals surface area contributed by atoms with Crippen LogP contribution in [0.4, 0.5) is 5.82 Å². The molecule has 1 fully saturated rings. The maximum Gasteiger partial charge on any atom is 0.215 e. The average molecular weight is 433 g/mol. The van der Waals surface area contributed by atoms with Gasteiger partial charge in [-0.3, -0.25) is 15.6 Å². The van der Waals surface area contributed by atoms with Crippen LogP contribution in [0.2, 0.25) is 0 Å². The normalized spacial score (nSPS) is 23.6. The van der Waals surface area contributed by atoms with E-state index in [1.807, 2.05) is 48.5 Å². The first-order chi connectivity index (χ1) is 15.5. The molecule has 3 aromatic rings. The van der Waals surface area contributed by atoms with Crippen LogP contribution >= 0.6 is 0 Å². The minimum Gasteiger partial charge on any atom is -0.492 e.